The Morgan fingerprint density at radius 3 is 1.30 bits per heavy atom. The molecule has 0 aromatic heterocycles. The van der Waals surface area contributed by atoms with E-state index in [1.165, 1.54) is 154 Å². The van der Waals surface area contributed by atoms with Crippen molar-refractivity contribution in [1.82, 2.24) is 5.32 Å². The molecule has 74 heavy (non-hydrogen) atoms. The highest BCUT2D eigenvalue weighted by Gasteiger charge is 2.44. The van der Waals surface area contributed by atoms with Gasteiger partial charge in [0.2, 0.25) is 5.91 Å². The Morgan fingerprint density at radius 2 is 0.851 bits per heavy atom. The van der Waals surface area contributed by atoms with Gasteiger partial charge < -0.3 is 40.3 Å². The largest absolute Gasteiger partial charge is 0.394 e. The molecule has 1 saturated heterocycles. The molecule has 1 aliphatic rings. The fourth-order valence-electron chi connectivity index (χ4n) is 9.10. The van der Waals surface area contributed by atoms with E-state index in [9.17, 15) is 30.3 Å². The second-order valence-electron chi connectivity index (χ2n) is 20.7. The average Bonchev–Trinajstić information content (AvgIpc) is 3.40. The van der Waals surface area contributed by atoms with E-state index in [1.54, 1.807) is 6.08 Å². The highest BCUT2D eigenvalue weighted by molar-refractivity contribution is 5.76. The maximum atomic E-state index is 13.1. The van der Waals surface area contributed by atoms with Crippen LogP contribution in [0.3, 0.4) is 0 Å². The number of carbonyl (C=O) groups is 1. The van der Waals surface area contributed by atoms with Crippen molar-refractivity contribution in [3.63, 3.8) is 0 Å². The van der Waals surface area contributed by atoms with E-state index in [0.717, 1.165) is 77.0 Å². The minimum Gasteiger partial charge on any atom is -0.394 e. The first-order valence-electron chi connectivity index (χ1n) is 30.5. The molecule has 0 radical (unpaired) electrons. The molecule has 0 aromatic carbocycles. The third-order valence-corrected chi connectivity index (χ3v) is 13.9. The van der Waals surface area contributed by atoms with Crippen LogP contribution in [-0.4, -0.2) is 87.5 Å². The number of unbranched alkanes of at least 4 members (excludes halogenated alkanes) is 27. The first-order chi connectivity index (χ1) is 36.3. The minimum absolute atomic E-state index is 0.193. The van der Waals surface area contributed by atoms with E-state index < -0.39 is 49.5 Å². The summed E-state index contributed by atoms with van der Waals surface area (Å²) in [7, 11) is 0. The van der Waals surface area contributed by atoms with Gasteiger partial charge in [0.05, 0.1) is 25.4 Å². The Bertz CT molecular complexity index is 1480. The molecule has 426 valence electrons. The molecule has 9 heteroatoms. The number of rotatable bonds is 51. The number of amides is 1. The van der Waals surface area contributed by atoms with Gasteiger partial charge in [-0.3, -0.25) is 4.79 Å². The number of aliphatic hydroxyl groups is 5. The summed E-state index contributed by atoms with van der Waals surface area (Å²) < 4.78 is 11.3. The van der Waals surface area contributed by atoms with Crippen molar-refractivity contribution >= 4 is 5.91 Å². The molecule has 0 aliphatic carbocycles. The van der Waals surface area contributed by atoms with E-state index in [0.29, 0.717) is 6.42 Å². The maximum Gasteiger partial charge on any atom is 0.220 e. The van der Waals surface area contributed by atoms with Crippen LogP contribution in [0.4, 0.5) is 0 Å². The molecule has 0 saturated carbocycles. The van der Waals surface area contributed by atoms with Crippen molar-refractivity contribution in [3.05, 3.63) is 97.2 Å². The van der Waals surface area contributed by atoms with Gasteiger partial charge in [0.15, 0.2) is 6.29 Å². The van der Waals surface area contributed by atoms with Gasteiger partial charge in [-0.15, -0.1) is 0 Å². The zero-order valence-electron chi connectivity index (χ0n) is 47.3. The molecule has 1 aliphatic heterocycles. The molecule has 0 spiro atoms. The maximum absolute atomic E-state index is 13.1. The molecule has 6 N–H and O–H groups in total. The van der Waals surface area contributed by atoms with Crippen molar-refractivity contribution in [2.45, 2.75) is 294 Å². The first-order valence-corrected chi connectivity index (χ1v) is 30.5. The van der Waals surface area contributed by atoms with Gasteiger partial charge in [0, 0.05) is 6.42 Å². The van der Waals surface area contributed by atoms with Crippen LogP contribution < -0.4 is 5.32 Å². The van der Waals surface area contributed by atoms with Crippen LogP contribution in [0.5, 0.6) is 0 Å². The number of hydrogen-bond donors (Lipinski definition) is 6. The SMILES string of the molecule is CC/C=C\C/C=C\C/C=C\C/C=C\C/C=C\CCCCCCCCCCCCCCCCCC(=O)NC(COC1OC(CO)C(O)C(O)C1O)C(O)/C=C/CC/C=C/CC/C=C/CCCCCCCCCCCC. The van der Waals surface area contributed by atoms with Crippen molar-refractivity contribution in [2.75, 3.05) is 13.2 Å². The van der Waals surface area contributed by atoms with Crippen LogP contribution in [0.25, 0.3) is 0 Å². The minimum atomic E-state index is -1.58. The smallest absolute Gasteiger partial charge is 0.220 e. The van der Waals surface area contributed by atoms with Crippen LogP contribution in [-0.2, 0) is 14.3 Å². The lowest BCUT2D eigenvalue weighted by atomic mass is 9.99. The topological polar surface area (TPSA) is 149 Å². The summed E-state index contributed by atoms with van der Waals surface area (Å²) in [6, 6.07) is -0.834. The lowest BCUT2D eigenvalue weighted by Crippen LogP contribution is -2.60. The Balaban J connectivity index is 2.21. The highest BCUT2D eigenvalue weighted by atomic mass is 16.7. The number of allylic oxidation sites excluding steroid dienone is 15. The van der Waals surface area contributed by atoms with Crippen LogP contribution in [0.2, 0.25) is 0 Å². The Labute approximate surface area is 453 Å². The van der Waals surface area contributed by atoms with E-state index in [2.05, 4.69) is 104 Å². The Hall–Kier alpha value is -2.89. The number of carbonyl (C=O) groups excluding carboxylic acids is 1. The molecule has 0 bridgehead atoms. The van der Waals surface area contributed by atoms with Crippen molar-refractivity contribution in [2.24, 2.45) is 0 Å². The molecular formula is C65H113NO8. The average molecular weight is 1040 g/mol. The molecule has 1 amide bonds. The summed E-state index contributed by atoms with van der Waals surface area (Å²) in [5.41, 5.74) is 0. The third-order valence-electron chi connectivity index (χ3n) is 13.9. The number of hydrogen-bond acceptors (Lipinski definition) is 8. The highest BCUT2D eigenvalue weighted by Crippen LogP contribution is 2.23. The van der Waals surface area contributed by atoms with Crippen LogP contribution in [0.15, 0.2) is 97.2 Å². The second kappa shape index (κ2) is 53.5. The predicted octanol–water partition coefficient (Wildman–Crippen LogP) is 15.6. The number of ether oxygens (including phenoxy) is 2. The molecule has 7 atom stereocenters. The Kier molecular flexibility index (Phi) is 50.0. The fourth-order valence-corrected chi connectivity index (χ4v) is 9.10. The van der Waals surface area contributed by atoms with Gasteiger partial charge in [-0.25, -0.2) is 0 Å². The van der Waals surface area contributed by atoms with E-state index in [4.69, 9.17) is 9.47 Å². The summed E-state index contributed by atoms with van der Waals surface area (Å²) >= 11 is 0. The van der Waals surface area contributed by atoms with Gasteiger partial charge in [-0.2, -0.15) is 0 Å². The van der Waals surface area contributed by atoms with E-state index >= 15 is 0 Å². The predicted molar refractivity (Wildman–Crippen MR) is 313 cm³/mol. The van der Waals surface area contributed by atoms with Crippen LogP contribution in [0, 0.1) is 0 Å². The van der Waals surface area contributed by atoms with Gasteiger partial charge in [0.1, 0.15) is 24.4 Å². The van der Waals surface area contributed by atoms with Crippen LogP contribution >= 0.6 is 0 Å². The monoisotopic (exact) mass is 1040 g/mol. The number of aliphatic hydroxyl groups excluding tert-OH is 5. The standard InChI is InChI=1S/C65H113NO8/c1-3-5-7-9-11-13-15-17-19-21-23-25-26-27-28-29-30-31-32-33-34-35-37-39-41-43-45-47-49-51-53-55-61(69)66-58(57-73-65-64(72)63(71)62(70)60(56-67)74-65)59(68)54-52-50-48-46-44-42-40-38-36-24-22-20-18-16-14-12-10-8-6-4-2/h5,7,11,13,17,19,23,25,27-28,36,38,44,46,52,54,58-60,62-65,67-68,70-72H,3-4,6,8-10,12,14-16,18,20-22,24,26,29-35,37,39-43,45,47-51,53,55-57H2,1-2H3,(H,66,69)/b7-5-,13-11-,19-17-,25-23-,28-27-,38-36+,46-44+,54-52+. The van der Waals surface area contributed by atoms with Gasteiger partial charge in [-0.05, 0) is 89.9 Å². The molecule has 1 fully saturated rings. The Morgan fingerprint density at radius 1 is 0.473 bits per heavy atom. The second-order valence-corrected chi connectivity index (χ2v) is 20.7. The summed E-state index contributed by atoms with van der Waals surface area (Å²) in [6.45, 7) is 3.65. The summed E-state index contributed by atoms with van der Waals surface area (Å²) in [6.07, 6.45) is 70.5. The van der Waals surface area contributed by atoms with Crippen molar-refractivity contribution in [1.29, 1.82) is 0 Å². The zero-order chi connectivity index (χ0) is 53.6. The fraction of sp³-hybridized carbons (Fsp3) is 0.738. The van der Waals surface area contributed by atoms with Gasteiger partial charge >= 0.3 is 0 Å². The summed E-state index contributed by atoms with van der Waals surface area (Å²) in [4.78, 5) is 13.1. The first kappa shape index (κ1) is 69.1. The molecule has 9 nitrogen and oxygen atoms in total. The quantitative estimate of drug-likeness (QED) is 0.0261. The van der Waals surface area contributed by atoms with E-state index in [-0.39, 0.29) is 12.5 Å². The van der Waals surface area contributed by atoms with Crippen molar-refractivity contribution in [3.8, 4) is 0 Å². The van der Waals surface area contributed by atoms with Gasteiger partial charge in [-0.1, -0.05) is 252 Å². The lowest BCUT2D eigenvalue weighted by molar-refractivity contribution is -0.302. The molecular weight excluding hydrogens is 923 g/mol. The normalized spacial score (nSPS) is 19.7. The third kappa shape index (κ3) is 42.2. The van der Waals surface area contributed by atoms with E-state index in [1.807, 2.05) is 6.08 Å². The van der Waals surface area contributed by atoms with Crippen molar-refractivity contribution < 1.29 is 39.8 Å². The number of nitrogens with one attached hydrogen (secondary N) is 1. The molecule has 0 aromatic rings. The molecule has 1 heterocycles. The molecule has 7 unspecified atom stereocenters. The lowest BCUT2D eigenvalue weighted by Gasteiger charge is -2.40. The van der Waals surface area contributed by atoms with Crippen LogP contribution in [0.1, 0.15) is 251 Å². The van der Waals surface area contributed by atoms with Gasteiger partial charge in [0.25, 0.3) is 0 Å². The zero-order valence-corrected chi connectivity index (χ0v) is 47.3. The molecule has 1 rings (SSSR count). The summed E-state index contributed by atoms with van der Waals surface area (Å²) in [5, 5.41) is 54.5. The summed E-state index contributed by atoms with van der Waals surface area (Å²) in [5.74, 6) is -0.193.